The summed E-state index contributed by atoms with van der Waals surface area (Å²) in [5.74, 6) is -0.166. The predicted octanol–water partition coefficient (Wildman–Crippen LogP) is 3.60. The molecule has 0 unspecified atom stereocenters. The molecule has 0 amide bonds. The molecular weight excluding hydrogens is 163 g/mol. The Bertz CT molecular complexity index is 453. The van der Waals surface area contributed by atoms with Gasteiger partial charge >= 0.3 is 0 Å². The van der Waals surface area contributed by atoms with Crippen molar-refractivity contribution in [2.75, 3.05) is 0 Å². The second-order valence-electron chi connectivity index (χ2n) is 3.37. The standard InChI is InChI=1S/C12H11F/c1-8-3-4-10-5-6-11(13)7-12(10)9(8)2/h3-7H,1-2H3. The molecule has 2 aromatic carbocycles. The Morgan fingerprint density at radius 3 is 2.46 bits per heavy atom. The average Bonchev–Trinajstić information content (AvgIpc) is 2.12. The Morgan fingerprint density at radius 1 is 1.00 bits per heavy atom. The van der Waals surface area contributed by atoms with Gasteiger partial charge in [-0.05, 0) is 47.9 Å². The van der Waals surface area contributed by atoms with E-state index in [1.54, 1.807) is 6.07 Å². The zero-order valence-electron chi connectivity index (χ0n) is 7.76. The second-order valence-corrected chi connectivity index (χ2v) is 3.37. The van der Waals surface area contributed by atoms with E-state index in [0.29, 0.717) is 0 Å². The van der Waals surface area contributed by atoms with Gasteiger partial charge in [-0.25, -0.2) is 4.39 Å². The number of halogens is 1. The molecule has 0 aromatic heterocycles. The number of fused-ring (bicyclic) bond motifs is 1. The first-order valence-corrected chi connectivity index (χ1v) is 4.34. The Labute approximate surface area is 77.0 Å². The molecular formula is C12H11F. The van der Waals surface area contributed by atoms with Gasteiger partial charge in [0.2, 0.25) is 0 Å². The molecule has 0 saturated carbocycles. The SMILES string of the molecule is Cc1ccc2ccc(F)cc2c1C. The Kier molecular flexibility index (Phi) is 1.80. The Morgan fingerprint density at radius 2 is 1.69 bits per heavy atom. The fraction of sp³-hybridized carbons (Fsp3) is 0.167. The summed E-state index contributed by atoms with van der Waals surface area (Å²) in [7, 11) is 0. The van der Waals surface area contributed by atoms with Crippen LogP contribution in [0.2, 0.25) is 0 Å². The Balaban J connectivity index is 2.89. The maximum atomic E-state index is 12.9. The quantitative estimate of drug-likeness (QED) is 0.572. The van der Waals surface area contributed by atoms with E-state index in [1.165, 1.54) is 11.6 Å². The number of rotatable bonds is 0. The number of aryl methyl sites for hydroxylation is 2. The summed E-state index contributed by atoms with van der Waals surface area (Å²) in [4.78, 5) is 0. The summed E-state index contributed by atoms with van der Waals surface area (Å²) < 4.78 is 12.9. The first-order valence-electron chi connectivity index (χ1n) is 4.34. The van der Waals surface area contributed by atoms with Crippen LogP contribution >= 0.6 is 0 Å². The molecule has 13 heavy (non-hydrogen) atoms. The average molecular weight is 174 g/mol. The molecule has 0 aliphatic carbocycles. The highest BCUT2D eigenvalue weighted by Crippen LogP contribution is 2.21. The molecule has 0 atom stereocenters. The highest BCUT2D eigenvalue weighted by Gasteiger charge is 2.00. The molecule has 0 bridgehead atoms. The fourth-order valence-corrected chi connectivity index (χ4v) is 1.55. The van der Waals surface area contributed by atoms with Crippen molar-refractivity contribution in [1.29, 1.82) is 0 Å². The summed E-state index contributed by atoms with van der Waals surface area (Å²) in [6.45, 7) is 4.07. The summed E-state index contributed by atoms with van der Waals surface area (Å²) in [5, 5.41) is 2.12. The van der Waals surface area contributed by atoms with E-state index in [-0.39, 0.29) is 5.82 Å². The van der Waals surface area contributed by atoms with Crippen LogP contribution in [0, 0.1) is 19.7 Å². The van der Waals surface area contributed by atoms with Gasteiger partial charge in [0, 0.05) is 0 Å². The third-order valence-corrected chi connectivity index (χ3v) is 2.52. The van der Waals surface area contributed by atoms with Crippen LogP contribution in [0.1, 0.15) is 11.1 Å². The maximum absolute atomic E-state index is 12.9. The molecule has 0 nitrogen and oxygen atoms in total. The van der Waals surface area contributed by atoms with Crippen molar-refractivity contribution >= 4 is 10.8 Å². The molecule has 0 heterocycles. The van der Waals surface area contributed by atoms with E-state index in [9.17, 15) is 4.39 Å². The lowest BCUT2D eigenvalue weighted by atomic mass is 10.0. The molecule has 2 rings (SSSR count). The zero-order valence-corrected chi connectivity index (χ0v) is 7.76. The lowest BCUT2D eigenvalue weighted by molar-refractivity contribution is 0.629. The molecule has 1 heteroatoms. The van der Waals surface area contributed by atoms with E-state index in [2.05, 4.69) is 6.07 Å². The van der Waals surface area contributed by atoms with Gasteiger partial charge in [-0.3, -0.25) is 0 Å². The van der Waals surface area contributed by atoms with Crippen LogP contribution in [0.4, 0.5) is 4.39 Å². The van der Waals surface area contributed by atoms with Crippen molar-refractivity contribution in [2.45, 2.75) is 13.8 Å². The smallest absolute Gasteiger partial charge is 0.123 e. The lowest BCUT2D eigenvalue weighted by Crippen LogP contribution is -1.84. The van der Waals surface area contributed by atoms with Crippen molar-refractivity contribution < 1.29 is 4.39 Å². The van der Waals surface area contributed by atoms with Gasteiger partial charge in [-0.15, -0.1) is 0 Å². The largest absolute Gasteiger partial charge is 0.207 e. The molecule has 0 N–H and O–H groups in total. The van der Waals surface area contributed by atoms with E-state index < -0.39 is 0 Å². The molecule has 2 aromatic rings. The van der Waals surface area contributed by atoms with Crippen LogP contribution in [-0.2, 0) is 0 Å². The zero-order chi connectivity index (χ0) is 9.42. The molecule has 0 aliphatic heterocycles. The first kappa shape index (κ1) is 8.24. The fourth-order valence-electron chi connectivity index (χ4n) is 1.55. The topological polar surface area (TPSA) is 0 Å². The van der Waals surface area contributed by atoms with Crippen molar-refractivity contribution in [2.24, 2.45) is 0 Å². The third kappa shape index (κ3) is 1.31. The number of hydrogen-bond donors (Lipinski definition) is 0. The van der Waals surface area contributed by atoms with E-state index >= 15 is 0 Å². The summed E-state index contributed by atoms with van der Waals surface area (Å²) in [6.07, 6.45) is 0. The molecule has 0 radical (unpaired) electrons. The van der Waals surface area contributed by atoms with Crippen LogP contribution in [0.25, 0.3) is 10.8 Å². The Hall–Kier alpha value is -1.37. The van der Waals surface area contributed by atoms with Crippen molar-refractivity contribution in [3.8, 4) is 0 Å². The first-order chi connectivity index (χ1) is 6.18. The molecule has 0 aliphatic rings. The van der Waals surface area contributed by atoms with Gasteiger partial charge in [0.05, 0.1) is 0 Å². The number of benzene rings is 2. The van der Waals surface area contributed by atoms with Gasteiger partial charge in [0.15, 0.2) is 0 Å². The second kappa shape index (κ2) is 2.84. The molecule has 66 valence electrons. The molecule has 0 spiro atoms. The van der Waals surface area contributed by atoms with Crippen LogP contribution in [0.5, 0.6) is 0 Å². The normalized spacial score (nSPS) is 10.7. The maximum Gasteiger partial charge on any atom is 0.123 e. The van der Waals surface area contributed by atoms with E-state index in [0.717, 1.165) is 16.3 Å². The monoisotopic (exact) mass is 174 g/mol. The number of hydrogen-bond acceptors (Lipinski definition) is 0. The van der Waals surface area contributed by atoms with Gasteiger partial charge in [-0.1, -0.05) is 18.2 Å². The van der Waals surface area contributed by atoms with Crippen molar-refractivity contribution in [1.82, 2.24) is 0 Å². The van der Waals surface area contributed by atoms with Gasteiger partial charge < -0.3 is 0 Å². The lowest BCUT2D eigenvalue weighted by Gasteiger charge is -2.04. The van der Waals surface area contributed by atoms with Gasteiger partial charge in [0.25, 0.3) is 0 Å². The van der Waals surface area contributed by atoms with Crippen molar-refractivity contribution in [3.63, 3.8) is 0 Å². The minimum atomic E-state index is -0.166. The highest BCUT2D eigenvalue weighted by atomic mass is 19.1. The van der Waals surface area contributed by atoms with Crippen molar-refractivity contribution in [3.05, 3.63) is 47.3 Å². The molecule has 0 fully saturated rings. The van der Waals surface area contributed by atoms with Crippen LogP contribution < -0.4 is 0 Å². The summed E-state index contributed by atoms with van der Waals surface area (Å²) >= 11 is 0. The van der Waals surface area contributed by atoms with E-state index in [4.69, 9.17) is 0 Å². The van der Waals surface area contributed by atoms with Crippen LogP contribution in [-0.4, -0.2) is 0 Å². The van der Waals surface area contributed by atoms with E-state index in [1.807, 2.05) is 26.0 Å². The third-order valence-electron chi connectivity index (χ3n) is 2.52. The summed E-state index contributed by atoms with van der Waals surface area (Å²) in [6, 6.07) is 9.00. The van der Waals surface area contributed by atoms with Crippen LogP contribution in [0.3, 0.4) is 0 Å². The highest BCUT2D eigenvalue weighted by molar-refractivity contribution is 5.86. The summed E-state index contributed by atoms with van der Waals surface area (Å²) in [5.41, 5.74) is 2.37. The van der Waals surface area contributed by atoms with Gasteiger partial charge in [0.1, 0.15) is 5.82 Å². The minimum absolute atomic E-state index is 0.166. The van der Waals surface area contributed by atoms with Crippen LogP contribution in [0.15, 0.2) is 30.3 Å². The van der Waals surface area contributed by atoms with Gasteiger partial charge in [-0.2, -0.15) is 0 Å². The predicted molar refractivity (Wildman–Crippen MR) is 53.4 cm³/mol. The molecule has 0 saturated heterocycles. The minimum Gasteiger partial charge on any atom is -0.207 e.